The van der Waals surface area contributed by atoms with Crippen LogP contribution < -0.4 is 11.0 Å². The van der Waals surface area contributed by atoms with Crippen molar-refractivity contribution in [3.63, 3.8) is 0 Å². The fourth-order valence-electron chi connectivity index (χ4n) is 2.76. The van der Waals surface area contributed by atoms with Crippen LogP contribution in [-0.4, -0.2) is 41.1 Å². The quantitative estimate of drug-likeness (QED) is 0.760. The molecule has 0 radical (unpaired) electrons. The van der Waals surface area contributed by atoms with Crippen LogP contribution in [0.5, 0.6) is 0 Å². The van der Waals surface area contributed by atoms with Gasteiger partial charge in [-0.15, -0.1) is 0 Å². The fourth-order valence-corrected chi connectivity index (χ4v) is 2.76. The van der Waals surface area contributed by atoms with E-state index < -0.39 is 0 Å². The van der Waals surface area contributed by atoms with E-state index in [9.17, 15) is 4.79 Å². The van der Waals surface area contributed by atoms with E-state index in [1.807, 2.05) is 4.57 Å². The normalized spacial score (nSPS) is 29.6. The van der Waals surface area contributed by atoms with E-state index in [1.165, 1.54) is 0 Å². The van der Waals surface area contributed by atoms with Crippen molar-refractivity contribution in [2.75, 3.05) is 26.3 Å². The minimum absolute atomic E-state index is 0.0962. The van der Waals surface area contributed by atoms with Crippen molar-refractivity contribution in [3.05, 3.63) is 16.3 Å². The van der Waals surface area contributed by atoms with Crippen LogP contribution in [0.2, 0.25) is 0 Å². The van der Waals surface area contributed by atoms with Crippen molar-refractivity contribution < 1.29 is 4.74 Å². The van der Waals surface area contributed by atoms with E-state index >= 15 is 0 Å². The molecule has 0 aliphatic carbocycles. The summed E-state index contributed by atoms with van der Waals surface area (Å²) in [7, 11) is 0. The number of aromatic amines is 1. The van der Waals surface area contributed by atoms with Gasteiger partial charge >= 0.3 is 5.69 Å². The third-order valence-corrected chi connectivity index (χ3v) is 3.66. The number of ether oxygens (including phenoxy) is 1. The highest BCUT2D eigenvalue weighted by Crippen LogP contribution is 2.25. The topological polar surface area (TPSA) is 71.9 Å². The number of aromatic nitrogens is 3. The van der Waals surface area contributed by atoms with E-state index in [0.29, 0.717) is 12.5 Å². The third-order valence-electron chi connectivity index (χ3n) is 3.66. The maximum atomic E-state index is 11.8. The molecule has 3 heterocycles. The SMILES string of the molecule is O=c1[nH]nc(C2CCCNC2)n1C1CCOC1. The van der Waals surface area contributed by atoms with Gasteiger partial charge in [-0.2, -0.15) is 5.10 Å². The zero-order valence-corrected chi connectivity index (χ0v) is 9.82. The molecule has 2 N–H and O–H groups in total. The van der Waals surface area contributed by atoms with Gasteiger partial charge in [0.15, 0.2) is 0 Å². The Bertz CT molecular complexity index is 427. The molecule has 1 aromatic rings. The number of hydrogen-bond donors (Lipinski definition) is 2. The summed E-state index contributed by atoms with van der Waals surface area (Å²) >= 11 is 0. The molecule has 6 heteroatoms. The molecule has 1 aromatic heterocycles. The van der Waals surface area contributed by atoms with Crippen LogP contribution in [0.3, 0.4) is 0 Å². The van der Waals surface area contributed by atoms with Crippen molar-refractivity contribution in [3.8, 4) is 0 Å². The summed E-state index contributed by atoms with van der Waals surface area (Å²) in [5.41, 5.74) is -0.0962. The lowest BCUT2D eigenvalue weighted by Crippen LogP contribution is -2.32. The van der Waals surface area contributed by atoms with Gasteiger partial charge in [-0.25, -0.2) is 9.89 Å². The highest BCUT2D eigenvalue weighted by atomic mass is 16.5. The molecular weight excluding hydrogens is 220 g/mol. The first-order valence-corrected chi connectivity index (χ1v) is 6.31. The molecule has 2 atom stereocenters. The van der Waals surface area contributed by atoms with Gasteiger partial charge in [-0.05, 0) is 25.8 Å². The predicted molar refractivity (Wildman–Crippen MR) is 62.2 cm³/mol. The second-order valence-electron chi connectivity index (χ2n) is 4.82. The number of nitrogens with one attached hydrogen (secondary N) is 2. The first kappa shape index (κ1) is 11.0. The molecule has 17 heavy (non-hydrogen) atoms. The lowest BCUT2D eigenvalue weighted by molar-refractivity contribution is 0.185. The van der Waals surface area contributed by atoms with E-state index in [1.54, 1.807) is 0 Å². The highest BCUT2D eigenvalue weighted by Gasteiger charge is 2.27. The monoisotopic (exact) mass is 238 g/mol. The Balaban J connectivity index is 1.90. The van der Waals surface area contributed by atoms with Crippen molar-refractivity contribution in [1.29, 1.82) is 0 Å². The molecule has 2 saturated heterocycles. The average molecular weight is 238 g/mol. The highest BCUT2D eigenvalue weighted by molar-refractivity contribution is 5.01. The van der Waals surface area contributed by atoms with E-state index in [2.05, 4.69) is 15.5 Å². The van der Waals surface area contributed by atoms with E-state index in [-0.39, 0.29) is 11.7 Å². The summed E-state index contributed by atoms with van der Waals surface area (Å²) in [6, 6.07) is 0.165. The Hall–Kier alpha value is -1.14. The molecular formula is C11H18N4O2. The fraction of sp³-hybridized carbons (Fsp3) is 0.818. The van der Waals surface area contributed by atoms with Gasteiger partial charge in [-0.1, -0.05) is 0 Å². The molecule has 2 fully saturated rings. The Kier molecular flexibility index (Phi) is 2.98. The summed E-state index contributed by atoms with van der Waals surface area (Å²) in [5.74, 6) is 1.25. The van der Waals surface area contributed by atoms with Crippen molar-refractivity contribution in [2.24, 2.45) is 0 Å². The standard InChI is InChI=1S/C11H18N4O2/c16-11-14-13-10(8-2-1-4-12-6-8)15(11)9-3-5-17-7-9/h8-9,12H,1-7H2,(H,14,16). The van der Waals surface area contributed by atoms with Crippen LogP contribution in [0.4, 0.5) is 0 Å². The molecule has 0 aromatic carbocycles. The van der Waals surface area contributed by atoms with Gasteiger partial charge < -0.3 is 10.1 Å². The minimum atomic E-state index is -0.0962. The summed E-state index contributed by atoms with van der Waals surface area (Å²) in [5, 5.41) is 10.2. The zero-order valence-electron chi connectivity index (χ0n) is 9.82. The molecule has 0 amide bonds. The maximum Gasteiger partial charge on any atom is 0.343 e. The Morgan fingerprint density at radius 3 is 3.06 bits per heavy atom. The molecule has 94 valence electrons. The smallest absolute Gasteiger partial charge is 0.343 e. The number of nitrogens with zero attached hydrogens (tertiary/aromatic N) is 2. The largest absolute Gasteiger partial charge is 0.379 e. The van der Waals surface area contributed by atoms with Gasteiger partial charge in [-0.3, -0.25) is 4.57 Å². The van der Waals surface area contributed by atoms with Crippen LogP contribution in [0.1, 0.15) is 37.0 Å². The summed E-state index contributed by atoms with van der Waals surface area (Å²) in [6.45, 7) is 3.35. The second-order valence-corrected chi connectivity index (χ2v) is 4.82. The lowest BCUT2D eigenvalue weighted by Gasteiger charge is -2.23. The van der Waals surface area contributed by atoms with Gasteiger partial charge in [0.2, 0.25) is 0 Å². The Labute approximate surface area is 99.4 Å². The average Bonchev–Trinajstić information content (AvgIpc) is 2.99. The Morgan fingerprint density at radius 2 is 2.35 bits per heavy atom. The summed E-state index contributed by atoms with van der Waals surface area (Å²) in [6.07, 6.45) is 3.16. The molecule has 0 bridgehead atoms. The first-order valence-electron chi connectivity index (χ1n) is 6.31. The van der Waals surface area contributed by atoms with Gasteiger partial charge in [0, 0.05) is 19.1 Å². The molecule has 2 unspecified atom stereocenters. The third kappa shape index (κ3) is 2.02. The molecule has 2 aliphatic rings. The van der Waals surface area contributed by atoms with Crippen LogP contribution in [0, 0.1) is 0 Å². The number of piperidine rings is 1. The van der Waals surface area contributed by atoms with Crippen molar-refractivity contribution in [1.82, 2.24) is 20.1 Å². The summed E-state index contributed by atoms with van der Waals surface area (Å²) < 4.78 is 7.17. The van der Waals surface area contributed by atoms with Gasteiger partial charge in [0.05, 0.1) is 12.6 Å². The van der Waals surface area contributed by atoms with Gasteiger partial charge in [0.25, 0.3) is 0 Å². The lowest BCUT2D eigenvalue weighted by atomic mass is 9.98. The number of rotatable bonds is 2. The van der Waals surface area contributed by atoms with E-state index in [4.69, 9.17) is 4.74 Å². The molecule has 3 rings (SSSR count). The van der Waals surface area contributed by atoms with Crippen LogP contribution in [0.15, 0.2) is 4.79 Å². The minimum Gasteiger partial charge on any atom is -0.379 e. The number of H-pyrrole nitrogens is 1. The van der Waals surface area contributed by atoms with Gasteiger partial charge in [0.1, 0.15) is 5.82 Å². The van der Waals surface area contributed by atoms with E-state index in [0.717, 1.165) is 44.8 Å². The molecule has 2 aliphatic heterocycles. The number of hydrogen-bond acceptors (Lipinski definition) is 4. The second kappa shape index (κ2) is 4.62. The first-order chi connectivity index (χ1) is 8.36. The maximum absolute atomic E-state index is 11.8. The molecule has 0 saturated carbocycles. The Morgan fingerprint density at radius 1 is 1.41 bits per heavy atom. The van der Waals surface area contributed by atoms with Crippen LogP contribution >= 0.6 is 0 Å². The van der Waals surface area contributed by atoms with Crippen molar-refractivity contribution >= 4 is 0 Å². The predicted octanol–water partition coefficient (Wildman–Crippen LogP) is -0.000200. The van der Waals surface area contributed by atoms with Crippen molar-refractivity contribution in [2.45, 2.75) is 31.2 Å². The van der Waals surface area contributed by atoms with Crippen LogP contribution in [-0.2, 0) is 4.74 Å². The summed E-state index contributed by atoms with van der Waals surface area (Å²) in [4.78, 5) is 11.8. The zero-order chi connectivity index (χ0) is 11.7. The molecule has 6 nitrogen and oxygen atoms in total. The van der Waals surface area contributed by atoms with Crippen LogP contribution in [0.25, 0.3) is 0 Å². The molecule has 0 spiro atoms.